The van der Waals surface area contributed by atoms with Crippen molar-refractivity contribution in [2.24, 2.45) is 0 Å². The van der Waals surface area contributed by atoms with Crippen molar-refractivity contribution in [2.75, 3.05) is 24.3 Å². The van der Waals surface area contributed by atoms with E-state index >= 15 is 0 Å². The van der Waals surface area contributed by atoms with Crippen molar-refractivity contribution in [1.82, 2.24) is 14.5 Å². The highest BCUT2D eigenvalue weighted by molar-refractivity contribution is 5.83. The third kappa shape index (κ3) is 4.15. The quantitative estimate of drug-likeness (QED) is 0.573. The first-order valence-corrected chi connectivity index (χ1v) is 10.3. The Bertz CT molecular complexity index is 1080. The zero-order valence-corrected chi connectivity index (χ0v) is 17.0. The van der Waals surface area contributed by atoms with Crippen LogP contribution in [0, 0.1) is 6.92 Å². The fraction of sp³-hybridized carbons (Fsp3) is 0.409. The fourth-order valence-corrected chi connectivity index (χ4v) is 4.17. The summed E-state index contributed by atoms with van der Waals surface area (Å²) in [7, 11) is 0. The Morgan fingerprint density at radius 3 is 2.63 bits per heavy atom. The molecule has 0 atom stereocenters. The topological polar surface area (TPSA) is 115 Å². The number of para-hydroxylation sites is 1. The van der Waals surface area contributed by atoms with E-state index in [-0.39, 0.29) is 30.3 Å². The maximum absolute atomic E-state index is 13.5. The minimum atomic E-state index is -0.122. The predicted molar refractivity (Wildman–Crippen MR) is 117 cm³/mol. The number of hydrogen-bond acceptors (Lipinski definition) is 7. The van der Waals surface area contributed by atoms with Gasteiger partial charge in [0, 0.05) is 17.1 Å². The molecular weight excluding hydrogens is 382 g/mol. The number of fused-ring (bicyclic) bond motifs is 1. The van der Waals surface area contributed by atoms with Crippen LogP contribution in [0.15, 0.2) is 41.2 Å². The average Bonchev–Trinajstić information content (AvgIpc) is 2.75. The van der Waals surface area contributed by atoms with Crippen LogP contribution in [0.1, 0.15) is 37.4 Å². The van der Waals surface area contributed by atoms with E-state index in [1.807, 2.05) is 43.3 Å². The molecule has 1 aliphatic rings. The molecule has 0 bridgehead atoms. The van der Waals surface area contributed by atoms with Crippen LogP contribution in [0.2, 0.25) is 0 Å². The van der Waals surface area contributed by atoms with Gasteiger partial charge >= 0.3 is 0 Å². The second-order valence-electron chi connectivity index (χ2n) is 7.65. The summed E-state index contributed by atoms with van der Waals surface area (Å²) in [5.41, 5.74) is 8.44. The lowest BCUT2D eigenvalue weighted by Gasteiger charge is -2.30. The number of aliphatic hydroxyl groups excluding tert-OH is 1. The molecule has 4 N–H and O–H groups in total. The number of rotatable bonds is 6. The molecule has 0 amide bonds. The maximum Gasteiger partial charge on any atom is 0.276 e. The van der Waals surface area contributed by atoms with Crippen molar-refractivity contribution in [3.8, 4) is 0 Å². The second kappa shape index (κ2) is 8.81. The van der Waals surface area contributed by atoms with Crippen LogP contribution in [0.25, 0.3) is 11.0 Å². The Morgan fingerprint density at radius 1 is 1.20 bits per heavy atom. The van der Waals surface area contributed by atoms with Gasteiger partial charge in [-0.15, -0.1) is 0 Å². The summed E-state index contributed by atoms with van der Waals surface area (Å²) >= 11 is 0. The monoisotopic (exact) mass is 409 g/mol. The van der Waals surface area contributed by atoms with Crippen molar-refractivity contribution in [2.45, 2.75) is 44.8 Å². The average molecular weight is 409 g/mol. The number of nitrogens with one attached hydrogen (secondary N) is 1. The fourth-order valence-electron chi connectivity index (χ4n) is 4.17. The minimum Gasteiger partial charge on any atom is -0.394 e. The highest BCUT2D eigenvalue weighted by Crippen LogP contribution is 2.32. The normalized spacial score (nSPS) is 19.1. The molecule has 3 aromatic rings. The van der Waals surface area contributed by atoms with Crippen LogP contribution in [0.5, 0.6) is 0 Å². The predicted octanol–water partition coefficient (Wildman–Crippen LogP) is 2.92. The number of nitrogens with two attached hydrogens (primary N) is 1. The largest absolute Gasteiger partial charge is 0.394 e. The van der Waals surface area contributed by atoms with Gasteiger partial charge in [-0.05, 0) is 50.8 Å². The summed E-state index contributed by atoms with van der Waals surface area (Å²) in [6.45, 7) is 2.24. The SMILES string of the molecule is Cc1nc(N)nc2c1cc(Nc1ccccc1)c(=O)n2[C@H]1CC[C@H](OCCO)CC1. The van der Waals surface area contributed by atoms with Crippen LogP contribution < -0.4 is 16.6 Å². The highest BCUT2D eigenvalue weighted by atomic mass is 16.5. The highest BCUT2D eigenvalue weighted by Gasteiger charge is 2.26. The molecule has 0 spiro atoms. The molecule has 30 heavy (non-hydrogen) atoms. The number of nitrogens with zero attached hydrogens (tertiary/aromatic N) is 3. The Kier molecular flexibility index (Phi) is 5.96. The van der Waals surface area contributed by atoms with E-state index in [9.17, 15) is 4.79 Å². The van der Waals surface area contributed by atoms with Crippen molar-refractivity contribution in [3.05, 3.63) is 52.4 Å². The zero-order chi connectivity index (χ0) is 21.1. The molecule has 0 aliphatic heterocycles. The molecule has 158 valence electrons. The van der Waals surface area contributed by atoms with E-state index in [2.05, 4.69) is 15.3 Å². The van der Waals surface area contributed by atoms with Gasteiger partial charge in [-0.3, -0.25) is 9.36 Å². The number of nitrogen functional groups attached to an aromatic ring is 1. The van der Waals surface area contributed by atoms with Crippen molar-refractivity contribution in [1.29, 1.82) is 0 Å². The van der Waals surface area contributed by atoms with Gasteiger partial charge < -0.3 is 20.9 Å². The number of hydrogen-bond donors (Lipinski definition) is 3. The molecule has 0 unspecified atom stereocenters. The lowest BCUT2D eigenvalue weighted by Crippen LogP contribution is -2.32. The van der Waals surface area contributed by atoms with Gasteiger partial charge in [-0.1, -0.05) is 18.2 Å². The van der Waals surface area contributed by atoms with Crippen LogP contribution in [0.4, 0.5) is 17.3 Å². The number of benzene rings is 1. The number of aryl methyl sites for hydroxylation is 1. The number of ether oxygens (including phenoxy) is 1. The molecule has 1 fully saturated rings. The molecular formula is C22H27N5O3. The lowest BCUT2D eigenvalue weighted by atomic mass is 9.92. The van der Waals surface area contributed by atoms with Gasteiger partial charge in [0.15, 0.2) is 0 Å². The smallest absolute Gasteiger partial charge is 0.276 e. The van der Waals surface area contributed by atoms with E-state index in [1.165, 1.54) is 0 Å². The van der Waals surface area contributed by atoms with Crippen LogP contribution >= 0.6 is 0 Å². The third-order valence-electron chi connectivity index (χ3n) is 5.61. The van der Waals surface area contributed by atoms with Gasteiger partial charge in [0.25, 0.3) is 5.56 Å². The number of pyridine rings is 1. The zero-order valence-electron chi connectivity index (χ0n) is 17.0. The number of aliphatic hydroxyl groups is 1. The first-order valence-electron chi connectivity index (χ1n) is 10.3. The summed E-state index contributed by atoms with van der Waals surface area (Å²) in [6.07, 6.45) is 3.36. The molecule has 8 heteroatoms. The minimum absolute atomic E-state index is 0.000185. The van der Waals surface area contributed by atoms with Crippen molar-refractivity contribution < 1.29 is 9.84 Å². The molecule has 2 heterocycles. The van der Waals surface area contributed by atoms with Gasteiger partial charge in [-0.2, -0.15) is 4.98 Å². The Balaban J connectivity index is 1.75. The van der Waals surface area contributed by atoms with Crippen molar-refractivity contribution >= 4 is 28.4 Å². The van der Waals surface area contributed by atoms with Crippen molar-refractivity contribution in [3.63, 3.8) is 0 Å². The van der Waals surface area contributed by atoms with Crippen LogP contribution in [-0.4, -0.2) is 39.0 Å². The Hall–Kier alpha value is -2.97. The molecule has 4 rings (SSSR count). The molecule has 1 aromatic carbocycles. The van der Waals surface area contributed by atoms with Gasteiger partial charge in [0.1, 0.15) is 11.3 Å². The molecule has 1 aliphatic carbocycles. The van der Waals surface area contributed by atoms with Gasteiger partial charge in [0.05, 0.1) is 25.0 Å². The number of anilines is 3. The molecule has 0 radical (unpaired) electrons. The first-order chi connectivity index (χ1) is 14.6. The molecule has 0 saturated heterocycles. The van der Waals surface area contributed by atoms with E-state index in [4.69, 9.17) is 15.6 Å². The standard InChI is InChI=1S/C22H27N5O3/c1-14-18-13-19(25-15-5-3-2-4-6-15)21(29)27(20(18)26-22(23)24-14)16-7-9-17(10-8-16)30-12-11-28/h2-6,13,16-17,25,28H,7-12H2,1H3,(H2,23,24,26)/t16-,17-. The molecule has 1 saturated carbocycles. The second-order valence-corrected chi connectivity index (χ2v) is 7.65. The Labute approximate surface area is 174 Å². The molecule has 8 nitrogen and oxygen atoms in total. The molecule has 2 aromatic heterocycles. The lowest BCUT2D eigenvalue weighted by molar-refractivity contribution is 0.00169. The van der Waals surface area contributed by atoms with Crippen LogP contribution in [-0.2, 0) is 4.74 Å². The van der Waals surface area contributed by atoms with E-state index in [0.717, 1.165) is 42.5 Å². The maximum atomic E-state index is 13.5. The van der Waals surface area contributed by atoms with Gasteiger partial charge in [-0.25, -0.2) is 4.98 Å². The summed E-state index contributed by atoms with van der Waals surface area (Å²) in [5.74, 6) is 0.164. The van der Waals surface area contributed by atoms with E-state index < -0.39 is 0 Å². The van der Waals surface area contributed by atoms with E-state index in [1.54, 1.807) is 4.57 Å². The first kappa shape index (κ1) is 20.3. The Morgan fingerprint density at radius 2 is 1.93 bits per heavy atom. The summed E-state index contributed by atoms with van der Waals surface area (Å²) < 4.78 is 7.45. The number of aromatic nitrogens is 3. The summed E-state index contributed by atoms with van der Waals surface area (Å²) in [6, 6.07) is 11.4. The van der Waals surface area contributed by atoms with Gasteiger partial charge in [0.2, 0.25) is 5.95 Å². The van der Waals surface area contributed by atoms with E-state index in [0.29, 0.717) is 17.9 Å². The summed E-state index contributed by atoms with van der Waals surface area (Å²) in [5, 5.41) is 13.0. The van der Waals surface area contributed by atoms with Crippen LogP contribution in [0.3, 0.4) is 0 Å². The summed E-state index contributed by atoms with van der Waals surface area (Å²) in [4.78, 5) is 22.2. The third-order valence-corrected chi connectivity index (χ3v) is 5.61.